The predicted molar refractivity (Wildman–Crippen MR) is 31.5 cm³/mol. The number of carbonyl (C=O) groups excluding carboxylic acids is 1. The minimum Gasteiger partial charge on any atom is -0.383 e. The fourth-order valence-corrected chi connectivity index (χ4v) is 0.353. The summed E-state index contributed by atoms with van der Waals surface area (Å²) in [5.74, 6) is -0.447. The summed E-state index contributed by atoms with van der Waals surface area (Å²) >= 11 is 0. The zero-order chi connectivity index (χ0) is 7.44. The van der Waals surface area contributed by atoms with Crippen molar-refractivity contribution in [3.63, 3.8) is 0 Å². The average Bonchev–Trinajstić information content (AvgIpc) is 1.84. The Labute approximate surface area is 54.0 Å². The third-order valence-corrected chi connectivity index (χ3v) is 0.942. The van der Waals surface area contributed by atoms with Gasteiger partial charge in [-0.2, -0.15) is 0 Å². The Balaban J connectivity index is 3.73. The third-order valence-electron chi connectivity index (χ3n) is 0.942. The molecule has 0 rings (SSSR count). The van der Waals surface area contributed by atoms with Crippen molar-refractivity contribution in [2.75, 3.05) is 14.2 Å². The molecule has 0 aromatic heterocycles. The molecule has 0 aromatic carbocycles. The lowest BCUT2D eigenvalue weighted by Crippen LogP contribution is -2.33. The Kier molecular flexibility index (Phi) is 3.19. The van der Waals surface area contributed by atoms with Crippen LogP contribution in [0.2, 0.25) is 0 Å². The second-order valence-corrected chi connectivity index (χ2v) is 1.69. The Morgan fingerprint density at radius 3 is 2.33 bits per heavy atom. The minimum absolute atomic E-state index is 0.447. The maximum atomic E-state index is 10.6. The van der Waals surface area contributed by atoms with Crippen LogP contribution in [-0.2, 0) is 9.63 Å². The number of aliphatic hydroxyl groups excluding tert-OH is 1. The smallest absolute Gasteiger partial charge is 0.274 e. The quantitative estimate of drug-likeness (QED) is 0.511. The van der Waals surface area contributed by atoms with Crippen molar-refractivity contribution in [1.29, 1.82) is 0 Å². The molecule has 0 spiro atoms. The predicted octanol–water partition coefficient (Wildman–Crippen LogP) is -0.613. The van der Waals surface area contributed by atoms with Gasteiger partial charge in [0.1, 0.15) is 6.10 Å². The van der Waals surface area contributed by atoms with Crippen LogP contribution < -0.4 is 0 Å². The molecule has 0 aliphatic heterocycles. The van der Waals surface area contributed by atoms with Gasteiger partial charge in [-0.15, -0.1) is 0 Å². The van der Waals surface area contributed by atoms with Crippen LogP contribution in [0.4, 0.5) is 0 Å². The molecule has 0 heterocycles. The van der Waals surface area contributed by atoms with Gasteiger partial charge in [0.15, 0.2) is 0 Å². The number of aliphatic hydroxyl groups is 1. The molecule has 0 aliphatic carbocycles. The molecule has 1 atom stereocenters. The third kappa shape index (κ3) is 2.43. The topological polar surface area (TPSA) is 49.8 Å². The van der Waals surface area contributed by atoms with Crippen LogP contribution in [0.5, 0.6) is 0 Å². The van der Waals surface area contributed by atoms with E-state index >= 15 is 0 Å². The average molecular weight is 133 g/mol. The summed E-state index contributed by atoms with van der Waals surface area (Å²) in [6.07, 6.45) is -0.991. The summed E-state index contributed by atoms with van der Waals surface area (Å²) in [6.45, 7) is 1.39. The molecule has 0 unspecified atom stereocenters. The summed E-state index contributed by atoms with van der Waals surface area (Å²) in [4.78, 5) is 15.1. The van der Waals surface area contributed by atoms with Crippen LogP contribution in [0.3, 0.4) is 0 Å². The highest BCUT2D eigenvalue weighted by Crippen LogP contribution is 1.89. The summed E-state index contributed by atoms with van der Waals surface area (Å²) < 4.78 is 0. The number of hydrogen-bond acceptors (Lipinski definition) is 3. The van der Waals surface area contributed by atoms with E-state index in [1.54, 1.807) is 0 Å². The molecule has 0 aliphatic rings. The molecule has 1 amide bonds. The Morgan fingerprint density at radius 1 is 1.78 bits per heavy atom. The minimum atomic E-state index is -0.991. The molecule has 9 heavy (non-hydrogen) atoms. The van der Waals surface area contributed by atoms with E-state index in [4.69, 9.17) is 5.11 Å². The van der Waals surface area contributed by atoms with Crippen LogP contribution in [0.15, 0.2) is 0 Å². The highest BCUT2D eigenvalue weighted by atomic mass is 16.7. The van der Waals surface area contributed by atoms with Crippen LogP contribution in [0, 0.1) is 0 Å². The number of hydroxylamine groups is 2. The van der Waals surface area contributed by atoms with Crippen molar-refractivity contribution in [3.8, 4) is 0 Å². The molecule has 0 fully saturated rings. The molecule has 0 saturated carbocycles. The zero-order valence-electron chi connectivity index (χ0n) is 5.79. The molecule has 54 valence electrons. The maximum Gasteiger partial charge on any atom is 0.274 e. The first-order chi connectivity index (χ1) is 4.09. The van der Waals surface area contributed by atoms with Gasteiger partial charge in [0, 0.05) is 7.05 Å². The van der Waals surface area contributed by atoms with Crippen LogP contribution in [-0.4, -0.2) is 36.3 Å². The van der Waals surface area contributed by atoms with E-state index in [9.17, 15) is 4.79 Å². The van der Waals surface area contributed by atoms with Crippen LogP contribution in [0.25, 0.3) is 0 Å². The lowest BCUT2D eigenvalue weighted by atomic mass is 10.4. The fourth-order valence-electron chi connectivity index (χ4n) is 0.353. The first-order valence-electron chi connectivity index (χ1n) is 2.59. The van der Waals surface area contributed by atoms with Gasteiger partial charge in [-0.1, -0.05) is 0 Å². The van der Waals surface area contributed by atoms with E-state index in [1.165, 1.54) is 21.1 Å². The van der Waals surface area contributed by atoms with E-state index in [2.05, 4.69) is 4.84 Å². The van der Waals surface area contributed by atoms with Gasteiger partial charge >= 0.3 is 0 Å². The standard InChI is InChI=1S/C5H11NO3/c1-4(7)5(8)6(2)9-3/h4,7H,1-3H3/t4-/m1/s1. The number of likely N-dealkylation sites (N-methyl/N-ethyl adjacent to an activating group) is 1. The summed E-state index contributed by atoms with van der Waals surface area (Å²) in [5, 5.41) is 9.63. The van der Waals surface area contributed by atoms with Gasteiger partial charge in [-0.05, 0) is 6.92 Å². The number of amides is 1. The lowest BCUT2D eigenvalue weighted by molar-refractivity contribution is -0.176. The summed E-state index contributed by atoms with van der Waals surface area (Å²) in [6, 6.07) is 0. The van der Waals surface area contributed by atoms with Gasteiger partial charge in [-0.25, -0.2) is 5.06 Å². The highest BCUT2D eigenvalue weighted by Gasteiger charge is 2.12. The number of hydrogen-bond donors (Lipinski definition) is 1. The van der Waals surface area contributed by atoms with E-state index in [0.717, 1.165) is 5.06 Å². The van der Waals surface area contributed by atoms with Crippen molar-refractivity contribution >= 4 is 5.91 Å². The molecule has 4 nitrogen and oxygen atoms in total. The zero-order valence-corrected chi connectivity index (χ0v) is 5.79. The molecule has 1 N–H and O–H groups in total. The summed E-state index contributed by atoms with van der Waals surface area (Å²) in [7, 11) is 2.80. The van der Waals surface area contributed by atoms with Gasteiger partial charge < -0.3 is 5.11 Å². The maximum absolute atomic E-state index is 10.6. The fraction of sp³-hybridized carbons (Fsp3) is 0.800. The second-order valence-electron chi connectivity index (χ2n) is 1.69. The van der Waals surface area contributed by atoms with Gasteiger partial charge in [0.05, 0.1) is 7.11 Å². The van der Waals surface area contributed by atoms with Crippen molar-refractivity contribution in [3.05, 3.63) is 0 Å². The molecule has 0 bridgehead atoms. The normalized spacial score (nSPS) is 12.9. The number of nitrogens with zero attached hydrogens (tertiary/aromatic N) is 1. The number of rotatable bonds is 2. The van der Waals surface area contributed by atoms with Gasteiger partial charge in [0.25, 0.3) is 5.91 Å². The molecule has 0 saturated heterocycles. The van der Waals surface area contributed by atoms with Crippen molar-refractivity contribution in [1.82, 2.24) is 5.06 Å². The van der Waals surface area contributed by atoms with Crippen LogP contribution in [0.1, 0.15) is 6.92 Å². The monoisotopic (exact) mass is 133 g/mol. The Bertz CT molecular complexity index is 102. The molecule has 0 radical (unpaired) electrons. The van der Waals surface area contributed by atoms with Crippen molar-refractivity contribution < 1.29 is 14.7 Å². The molecular weight excluding hydrogens is 122 g/mol. The van der Waals surface area contributed by atoms with Crippen molar-refractivity contribution in [2.45, 2.75) is 13.0 Å². The molecule has 0 aromatic rings. The SMILES string of the molecule is CON(C)C(=O)[C@@H](C)O. The van der Waals surface area contributed by atoms with Gasteiger partial charge in [-0.3, -0.25) is 9.63 Å². The van der Waals surface area contributed by atoms with Crippen LogP contribution >= 0.6 is 0 Å². The van der Waals surface area contributed by atoms with Gasteiger partial charge in [0.2, 0.25) is 0 Å². The second kappa shape index (κ2) is 3.42. The Hall–Kier alpha value is -0.610. The van der Waals surface area contributed by atoms with E-state index in [0.29, 0.717) is 0 Å². The molecule has 4 heteroatoms. The first-order valence-corrected chi connectivity index (χ1v) is 2.59. The van der Waals surface area contributed by atoms with E-state index < -0.39 is 12.0 Å². The lowest BCUT2D eigenvalue weighted by Gasteiger charge is -2.14. The Morgan fingerprint density at radius 2 is 2.22 bits per heavy atom. The highest BCUT2D eigenvalue weighted by molar-refractivity contribution is 5.78. The van der Waals surface area contributed by atoms with Crippen molar-refractivity contribution in [2.24, 2.45) is 0 Å². The van der Waals surface area contributed by atoms with E-state index in [-0.39, 0.29) is 0 Å². The first kappa shape index (κ1) is 8.39. The largest absolute Gasteiger partial charge is 0.383 e. The molecular formula is C5H11NO3. The number of carbonyl (C=O) groups is 1. The van der Waals surface area contributed by atoms with E-state index in [1.807, 2.05) is 0 Å². The summed E-state index contributed by atoms with van der Waals surface area (Å²) in [5.41, 5.74) is 0.